The highest BCUT2D eigenvalue weighted by molar-refractivity contribution is 7.78. The fourth-order valence-corrected chi connectivity index (χ4v) is 1.25. The van der Waals surface area contributed by atoms with E-state index in [2.05, 4.69) is 9.99 Å². The van der Waals surface area contributed by atoms with E-state index < -0.39 is 17.0 Å². The Kier molecular flexibility index (Phi) is 5.07. The van der Waals surface area contributed by atoms with Crippen LogP contribution in [0.2, 0.25) is 0 Å². The summed E-state index contributed by atoms with van der Waals surface area (Å²) in [6.07, 6.45) is 0.567. The van der Waals surface area contributed by atoms with Gasteiger partial charge in [0.1, 0.15) is 5.82 Å². The third-order valence-corrected chi connectivity index (χ3v) is 2.13. The lowest BCUT2D eigenvalue weighted by molar-refractivity contribution is 0.187. The minimum absolute atomic E-state index is 0.333. The average molecular weight is 244 g/mol. The highest BCUT2D eigenvalue weighted by Crippen LogP contribution is 2.07. The minimum atomic E-state index is -2.28. The molecular formula is C10H11FNO3S-. The van der Waals surface area contributed by atoms with Gasteiger partial charge in [-0.25, -0.2) is 4.39 Å². The maximum atomic E-state index is 12.7. The molecule has 0 saturated carbocycles. The highest BCUT2D eigenvalue weighted by Gasteiger charge is 2.02. The second kappa shape index (κ2) is 6.34. The summed E-state index contributed by atoms with van der Waals surface area (Å²) in [6, 6.07) is 5.75. The molecule has 0 bridgehead atoms. The van der Waals surface area contributed by atoms with E-state index >= 15 is 0 Å². The smallest absolute Gasteiger partial charge is 0.178 e. The molecule has 0 heterocycles. The molecule has 4 nitrogen and oxygen atoms in total. The Morgan fingerprint density at radius 2 is 2.12 bits per heavy atom. The Balaban J connectivity index is 2.73. The van der Waals surface area contributed by atoms with Crippen molar-refractivity contribution in [2.45, 2.75) is 13.3 Å². The number of nitrogens with zero attached hydrogens (tertiary/aromatic N) is 1. The maximum absolute atomic E-state index is 12.7. The molecule has 0 spiro atoms. The predicted molar refractivity (Wildman–Crippen MR) is 58.1 cm³/mol. The van der Waals surface area contributed by atoms with E-state index in [4.69, 9.17) is 0 Å². The van der Waals surface area contributed by atoms with E-state index in [9.17, 15) is 13.2 Å². The summed E-state index contributed by atoms with van der Waals surface area (Å²) >= 11 is -2.28. The Morgan fingerprint density at radius 3 is 2.62 bits per heavy atom. The van der Waals surface area contributed by atoms with Crippen molar-refractivity contribution >= 4 is 16.8 Å². The fraction of sp³-hybridized carbons (Fsp3) is 0.300. The maximum Gasteiger partial charge on any atom is 0.178 e. The van der Waals surface area contributed by atoms with Crippen LogP contribution in [0.4, 0.5) is 4.39 Å². The molecule has 16 heavy (non-hydrogen) atoms. The molecule has 0 aliphatic rings. The molecular weight excluding hydrogens is 233 g/mol. The van der Waals surface area contributed by atoms with Crippen molar-refractivity contribution in [3.8, 4) is 0 Å². The van der Waals surface area contributed by atoms with Gasteiger partial charge in [-0.1, -0.05) is 24.2 Å². The molecule has 6 heteroatoms. The van der Waals surface area contributed by atoms with Crippen LogP contribution in [0.5, 0.6) is 0 Å². The Labute approximate surface area is 95.4 Å². The van der Waals surface area contributed by atoms with Crippen molar-refractivity contribution in [3.05, 3.63) is 35.6 Å². The number of hydrogen-bond acceptors (Lipinski definition) is 4. The number of oxime groups is 1. The Hall–Kier alpha value is -1.27. The first-order valence-corrected chi connectivity index (χ1v) is 5.88. The lowest BCUT2D eigenvalue weighted by Crippen LogP contribution is -2.03. The predicted octanol–water partition coefficient (Wildman–Crippen LogP) is 1.79. The normalized spacial score (nSPS) is 13.6. The van der Waals surface area contributed by atoms with Crippen LogP contribution in [-0.4, -0.2) is 20.4 Å². The summed E-state index contributed by atoms with van der Waals surface area (Å²) in [7, 11) is 0. The second-order valence-corrected chi connectivity index (χ2v) is 3.79. The van der Waals surface area contributed by atoms with E-state index in [1.807, 2.05) is 6.92 Å². The molecule has 0 radical (unpaired) electrons. The zero-order chi connectivity index (χ0) is 12.0. The standard InChI is InChI=1S/C10H12FNO3S/c1-2-10(12-15-7-16(13)14)8-3-5-9(11)6-4-8/h3-6H,2,7H2,1H3,(H,13,14)/p-1. The molecule has 0 fully saturated rings. The molecule has 1 aromatic rings. The van der Waals surface area contributed by atoms with Gasteiger partial charge in [-0.05, 0) is 35.2 Å². The molecule has 0 amide bonds. The average Bonchev–Trinajstić information content (AvgIpc) is 2.26. The SMILES string of the molecule is CCC(=NOCS(=O)[O-])c1ccc(F)cc1. The van der Waals surface area contributed by atoms with Gasteiger partial charge in [-0.2, -0.15) is 0 Å². The van der Waals surface area contributed by atoms with Crippen LogP contribution in [0.1, 0.15) is 18.9 Å². The van der Waals surface area contributed by atoms with Gasteiger partial charge >= 0.3 is 0 Å². The molecule has 1 rings (SSSR count). The Morgan fingerprint density at radius 1 is 1.50 bits per heavy atom. The molecule has 88 valence electrons. The van der Waals surface area contributed by atoms with E-state index in [0.29, 0.717) is 17.7 Å². The van der Waals surface area contributed by atoms with Gasteiger partial charge in [0.2, 0.25) is 0 Å². The number of benzene rings is 1. The molecule has 0 aliphatic carbocycles. The largest absolute Gasteiger partial charge is 0.770 e. The molecule has 0 N–H and O–H groups in total. The van der Waals surface area contributed by atoms with E-state index in [1.54, 1.807) is 12.1 Å². The van der Waals surface area contributed by atoms with Gasteiger partial charge in [0, 0.05) is 0 Å². The van der Waals surface area contributed by atoms with Crippen LogP contribution < -0.4 is 0 Å². The van der Waals surface area contributed by atoms with Crippen molar-refractivity contribution in [3.63, 3.8) is 0 Å². The number of rotatable bonds is 5. The van der Waals surface area contributed by atoms with Gasteiger partial charge in [-0.3, -0.25) is 4.21 Å². The summed E-state index contributed by atoms with van der Waals surface area (Å²) in [4.78, 5) is 4.61. The van der Waals surface area contributed by atoms with Crippen LogP contribution in [0.25, 0.3) is 0 Å². The summed E-state index contributed by atoms with van der Waals surface area (Å²) in [5, 5.41) is 3.68. The Bertz CT molecular complexity index is 392. The van der Waals surface area contributed by atoms with Crippen molar-refractivity contribution in [1.29, 1.82) is 0 Å². The quantitative estimate of drug-likeness (QED) is 0.450. The zero-order valence-electron chi connectivity index (χ0n) is 8.68. The molecule has 1 unspecified atom stereocenters. The van der Waals surface area contributed by atoms with Gasteiger partial charge in [0.25, 0.3) is 0 Å². The first-order valence-electron chi connectivity index (χ1n) is 4.64. The topological polar surface area (TPSA) is 61.7 Å². The van der Waals surface area contributed by atoms with Gasteiger partial charge < -0.3 is 9.39 Å². The van der Waals surface area contributed by atoms with Crippen LogP contribution in [0, 0.1) is 5.82 Å². The monoisotopic (exact) mass is 244 g/mol. The van der Waals surface area contributed by atoms with Gasteiger partial charge in [0.15, 0.2) is 5.94 Å². The van der Waals surface area contributed by atoms with Crippen molar-refractivity contribution in [2.75, 3.05) is 5.94 Å². The van der Waals surface area contributed by atoms with Crippen LogP contribution in [0.3, 0.4) is 0 Å². The number of hydrogen-bond donors (Lipinski definition) is 0. The first kappa shape index (κ1) is 12.8. The first-order chi connectivity index (χ1) is 7.63. The summed E-state index contributed by atoms with van der Waals surface area (Å²) in [6.45, 7) is 1.85. The lowest BCUT2D eigenvalue weighted by atomic mass is 10.1. The zero-order valence-corrected chi connectivity index (χ0v) is 9.50. The highest BCUT2D eigenvalue weighted by atomic mass is 32.2. The molecule has 0 saturated heterocycles. The van der Waals surface area contributed by atoms with Crippen molar-refractivity contribution < 1.29 is 18.0 Å². The lowest BCUT2D eigenvalue weighted by Gasteiger charge is -2.06. The van der Waals surface area contributed by atoms with E-state index in [1.165, 1.54) is 12.1 Å². The number of halogens is 1. The minimum Gasteiger partial charge on any atom is -0.770 e. The third kappa shape index (κ3) is 4.08. The van der Waals surface area contributed by atoms with Crippen molar-refractivity contribution in [1.82, 2.24) is 0 Å². The van der Waals surface area contributed by atoms with Crippen molar-refractivity contribution in [2.24, 2.45) is 5.16 Å². The molecule has 1 atom stereocenters. The van der Waals surface area contributed by atoms with Gasteiger partial charge in [-0.15, -0.1) is 0 Å². The van der Waals surface area contributed by atoms with Crippen LogP contribution in [0.15, 0.2) is 29.4 Å². The second-order valence-electron chi connectivity index (χ2n) is 2.95. The van der Waals surface area contributed by atoms with E-state index in [0.717, 1.165) is 0 Å². The summed E-state index contributed by atoms with van der Waals surface area (Å²) in [5.41, 5.74) is 1.28. The molecule has 0 aliphatic heterocycles. The summed E-state index contributed by atoms with van der Waals surface area (Å²) in [5.74, 6) is -0.814. The van der Waals surface area contributed by atoms with Crippen LogP contribution in [-0.2, 0) is 15.9 Å². The van der Waals surface area contributed by atoms with Gasteiger partial charge in [0.05, 0.1) is 5.71 Å². The molecule has 1 aromatic carbocycles. The summed E-state index contributed by atoms with van der Waals surface area (Å²) < 4.78 is 33.1. The third-order valence-electron chi connectivity index (χ3n) is 1.84. The van der Waals surface area contributed by atoms with Crippen LogP contribution >= 0.6 is 0 Å². The molecule has 0 aromatic heterocycles. The fourth-order valence-electron chi connectivity index (χ4n) is 1.11. The van der Waals surface area contributed by atoms with E-state index in [-0.39, 0.29) is 5.82 Å².